The minimum atomic E-state index is -0.398. The van der Waals surface area contributed by atoms with Gasteiger partial charge in [0.15, 0.2) is 0 Å². The van der Waals surface area contributed by atoms with Gasteiger partial charge in [0.1, 0.15) is 10.8 Å². The van der Waals surface area contributed by atoms with Crippen molar-refractivity contribution in [2.75, 3.05) is 6.61 Å². The first-order chi connectivity index (χ1) is 11.6. The zero-order valence-corrected chi connectivity index (χ0v) is 14.1. The van der Waals surface area contributed by atoms with Crippen molar-refractivity contribution in [3.05, 3.63) is 57.9 Å². The lowest BCUT2D eigenvalue weighted by molar-refractivity contribution is 0.0526. The van der Waals surface area contributed by atoms with E-state index in [0.717, 1.165) is 10.6 Å². The minimum Gasteiger partial charge on any atom is -0.462 e. The van der Waals surface area contributed by atoms with Crippen LogP contribution in [0.1, 0.15) is 27.9 Å². The molecule has 0 unspecified atom stereocenters. The van der Waals surface area contributed by atoms with E-state index < -0.39 is 5.97 Å². The van der Waals surface area contributed by atoms with Crippen molar-refractivity contribution in [1.29, 1.82) is 0 Å². The summed E-state index contributed by atoms with van der Waals surface area (Å²) in [4.78, 5) is 16.1. The Morgan fingerprint density at radius 1 is 1.42 bits per heavy atom. The van der Waals surface area contributed by atoms with Gasteiger partial charge in [-0.15, -0.1) is 11.3 Å². The maximum absolute atomic E-state index is 14.0. The lowest BCUT2D eigenvalue weighted by Gasteiger charge is -2.01. The third-order valence-electron chi connectivity index (χ3n) is 3.39. The van der Waals surface area contributed by atoms with Gasteiger partial charge < -0.3 is 4.74 Å². The summed E-state index contributed by atoms with van der Waals surface area (Å²) < 4.78 is 20.5. The van der Waals surface area contributed by atoms with Crippen molar-refractivity contribution in [3.63, 3.8) is 0 Å². The van der Waals surface area contributed by atoms with Crippen LogP contribution < -0.4 is 0 Å². The molecule has 0 aliphatic rings. The first-order valence-corrected chi connectivity index (χ1v) is 8.35. The number of hydrogen-bond acceptors (Lipinski definition) is 5. The highest BCUT2D eigenvalue weighted by atomic mass is 32.1. The van der Waals surface area contributed by atoms with Crippen LogP contribution in [-0.4, -0.2) is 27.3 Å². The molecule has 0 amide bonds. The second-order valence-electron chi connectivity index (χ2n) is 5.26. The van der Waals surface area contributed by atoms with Crippen molar-refractivity contribution in [2.45, 2.75) is 20.4 Å². The maximum atomic E-state index is 14.0. The van der Waals surface area contributed by atoms with Gasteiger partial charge in [-0.1, -0.05) is 11.6 Å². The largest absolute Gasteiger partial charge is 0.462 e. The SMILES string of the molecule is CCOC(=O)c1cnn(Cc2nc(-c3cc(C)ccc3F)cs2)c1. The lowest BCUT2D eigenvalue weighted by atomic mass is 10.1. The predicted molar refractivity (Wildman–Crippen MR) is 89.5 cm³/mol. The maximum Gasteiger partial charge on any atom is 0.341 e. The van der Waals surface area contributed by atoms with Gasteiger partial charge in [0.2, 0.25) is 0 Å². The monoisotopic (exact) mass is 345 g/mol. The Bertz CT molecular complexity index is 872. The Morgan fingerprint density at radius 3 is 3.04 bits per heavy atom. The van der Waals surface area contributed by atoms with Gasteiger partial charge in [0.25, 0.3) is 0 Å². The highest BCUT2D eigenvalue weighted by Crippen LogP contribution is 2.26. The molecule has 24 heavy (non-hydrogen) atoms. The first kappa shape index (κ1) is 16.3. The summed E-state index contributed by atoms with van der Waals surface area (Å²) in [6, 6.07) is 4.95. The summed E-state index contributed by atoms with van der Waals surface area (Å²) in [6.07, 6.45) is 3.08. The molecule has 124 valence electrons. The zero-order chi connectivity index (χ0) is 17.1. The third-order valence-corrected chi connectivity index (χ3v) is 4.22. The van der Waals surface area contributed by atoms with E-state index in [1.54, 1.807) is 29.9 Å². The number of carbonyl (C=O) groups is 1. The van der Waals surface area contributed by atoms with Gasteiger partial charge in [0.05, 0.1) is 30.6 Å². The first-order valence-electron chi connectivity index (χ1n) is 7.47. The Morgan fingerprint density at radius 2 is 2.25 bits per heavy atom. The zero-order valence-electron chi connectivity index (χ0n) is 13.3. The van der Waals surface area contributed by atoms with E-state index in [2.05, 4.69) is 10.1 Å². The van der Waals surface area contributed by atoms with Crippen LogP contribution in [0.2, 0.25) is 0 Å². The number of nitrogens with zero attached hydrogens (tertiary/aromatic N) is 3. The number of hydrogen-bond donors (Lipinski definition) is 0. The number of ether oxygens (including phenoxy) is 1. The summed E-state index contributed by atoms with van der Waals surface area (Å²) in [5.41, 5.74) is 2.48. The number of rotatable bonds is 5. The lowest BCUT2D eigenvalue weighted by Crippen LogP contribution is -2.04. The van der Waals surface area contributed by atoms with Crippen molar-refractivity contribution in [1.82, 2.24) is 14.8 Å². The molecule has 0 bridgehead atoms. The van der Waals surface area contributed by atoms with E-state index in [1.807, 2.05) is 12.3 Å². The van der Waals surface area contributed by atoms with Crippen LogP contribution in [0.5, 0.6) is 0 Å². The third kappa shape index (κ3) is 3.51. The summed E-state index contributed by atoms with van der Waals surface area (Å²) in [7, 11) is 0. The summed E-state index contributed by atoms with van der Waals surface area (Å²) in [5, 5.41) is 6.74. The standard InChI is InChI=1S/C17H16FN3O2S/c1-3-23-17(22)12-7-19-21(8-12)9-16-20-15(10-24-16)13-6-11(2)4-5-14(13)18/h4-8,10H,3,9H2,1-2H3. The fourth-order valence-corrected chi connectivity index (χ4v) is 3.04. The van der Waals surface area contributed by atoms with Crippen LogP contribution in [0.15, 0.2) is 36.0 Å². The normalized spacial score (nSPS) is 10.8. The van der Waals surface area contributed by atoms with Crippen LogP contribution in [0.25, 0.3) is 11.3 Å². The fraction of sp³-hybridized carbons (Fsp3) is 0.235. The topological polar surface area (TPSA) is 57.0 Å². The highest BCUT2D eigenvalue weighted by molar-refractivity contribution is 7.09. The summed E-state index contributed by atoms with van der Waals surface area (Å²) in [5.74, 6) is -0.688. The van der Waals surface area contributed by atoms with Crippen LogP contribution in [0, 0.1) is 12.7 Å². The molecule has 3 aromatic rings. The number of carbonyl (C=O) groups excluding carboxylic acids is 1. The highest BCUT2D eigenvalue weighted by Gasteiger charge is 2.12. The van der Waals surface area contributed by atoms with Gasteiger partial charge in [-0.05, 0) is 26.0 Å². The van der Waals surface area contributed by atoms with Crippen LogP contribution in [0.3, 0.4) is 0 Å². The molecule has 3 rings (SSSR count). The molecular formula is C17H16FN3O2S. The van der Waals surface area contributed by atoms with Gasteiger partial charge in [-0.3, -0.25) is 4.68 Å². The van der Waals surface area contributed by atoms with Crippen LogP contribution in [-0.2, 0) is 11.3 Å². The second kappa shape index (κ2) is 6.92. The molecule has 0 saturated carbocycles. The molecule has 2 aromatic heterocycles. The molecule has 0 spiro atoms. The molecule has 2 heterocycles. The molecule has 0 fully saturated rings. The summed E-state index contributed by atoms with van der Waals surface area (Å²) in [6.45, 7) is 4.40. The van der Waals surface area contributed by atoms with Gasteiger partial charge in [-0.25, -0.2) is 14.2 Å². The van der Waals surface area contributed by atoms with Crippen LogP contribution >= 0.6 is 11.3 Å². The van der Waals surface area contributed by atoms with E-state index >= 15 is 0 Å². The molecular weight excluding hydrogens is 329 g/mol. The molecule has 0 aliphatic carbocycles. The van der Waals surface area contributed by atoms with Gasteiger partial charge >= 0.3 is 5.97 Å². The number of halogens is 1. The molecule has 0 atom stereocenters. The molecule has 1 aromatic carbocycles. The van der Waals surface area contributed by atoms with E-state index in [-0.39, 0.29) is 5.82 Å². The minimum absolute atomic E-state index is 0.291. The van der Waals surface area contributed by atoms with Crippen LogP contribution in [0.4, 0.5) is 4.39 Å². The molecule has 0 saturated heterocycles. The Balaban J connectivity index is 1.77. The molecule has 7 heteroatoms. The fourth-order valence-electron chi connectivity index (χ4n) is 2.25. The average Bonchev–Trinajstić information content (AvgIpc) is 3.20. The quantitative estimate of drug-likeness (QED) is 0.662. The Kier molecular flexibility index (Phi) is 4.71. The summed E-state index contributed by atoms with van der Waals surface area (Å²) >= 11 is 1.43. The number of aromatic nitrogens is 3. The van der Waals surface area contributed by atoms with Gasteiger partial charge in [0, 0.05) is 17.1 Å². The van der Waals surface area contributed by atoms with E-state index in [0.29, 0.717) is 30.0 Å². The van der Waals surface area contributed by atoms with Crippen molar-refractivity contribution in [2.24, 2.45) is 0 Å². The molecule has 0 radical (unpaired) electrons. The Hall–Kier alpha value is -2.54. The number of benzene rings is 1. The van der Waals surface area contributed by atoms with E-state index in [1.165, 1.54) is 23.6 Å². The Labute approximate surface area is 142 Å². The van der Waals surface area contributed by atoms with Crippen molar-refractivity contribution >= 4 is 17.3 Å². The molecule has 5 nitrogen and oxygen atoms in total. The molecule has 0 aliphatic heterocycles. The van der Waals surface area contributed by atoms with E-state index in [9.17, 15) is 9.18 Å². The molecule has 0 N–H and O–H groups in total. The van der Waals surface area contributed by atoms with Gasteiger partial charge in [-0.2, -0.15) is 5.10 Å². The van der Waals surface area contributed by atoms with Crippen molar-refractivity contribution in [3.8, 4) is 11.3 Å². The number of aryl methyl sites for hydroxylation is 1. The smallest absolute Gasteiger partial charge is 0.341 e. The number of thiazole rings is 1. The van der Waals surface area contributed by atoms with E-state index in [4.69, 9.17) is 4.74 Å². The predicted octanol–water partition coefficient (Wildman–Crippen LogP) is 3.68. The number of esters is 1. The average molecular weight is 345 g/mol. The second-order valence-corrected chi connectivity index (χ2v) is 6.20. The van der Waals surface area contributed by atoms with Crippen molar-refractivity contribution < 1.29 is 13.9 Å².